The lowest BCUT2D eigenvalue weighted by molar-refractivity contribution is 0.869. The Morgan fingerprint density at radius 1 is 1.26 bits per heavy atom. The number of nitrogens with zero attached hydrogens (tertiary/aromatic N) is 2. The fourth-order valence-electron chi connectivity index (χ4n) is 1.77. The van der Waals surface area contributed by atoms with Gasteiger partial charge in [-0.05, 0) is 33.5 Å². The van der Waals surface area contributed by atoms with Gasteiger partial charge in [0.2, 0.25) is 5.95 Å². The molecule has 19 heavy (non-hydrogen) atoms. The molecule has 0 spiro atoms. The maximum absolute atomic E-state index is 5.32. The molecule has 4 N–H and O–H groups in total. The molecule has 0 radical (unpaired) electrons. The number of halogens is 1. The van der Waals surface area contributed by atoms with Crippen LogP contribution in [-0.4, -0.2) is 9.97 Å². The van der Waals surface area contributed by atoms with Crippen LogP contribution in [0.4, 0.5) is 17.5 Å². The number of anilines is 3. The molecular formula is C13H16BrN5. The molecule has 1 aromatic carbocycles. The van der Waals surface area contributed by atoms with Gasteiger partial charge in [0.1, 0.15) is 5.82 Å². The SMILES string of the molecule is CC(C)c1ccccc1Nc1nc(NN)ncc1Br. The number of aromatic nitrogens is 2. The molecule has 5 nitrogen and oxygen atoms in total. The van der Waals surface area contributed by atoms with Crippen molar-refractivity contribution >= 4 is 33.4 Å². The second-order valence-electron chi connectivity index (χ2n) is 4.40. The highest BCUT2D eigenvalue weighted by Gasteiger charge is 2.09. The molecule has 100 valence electrons. The predicted octanol–water partition coefficient (Wildman–Crippen LogP) is 3.39. The second kappa shape index (κ2) is 5.99. The van der Waals surface area contributed by atoms with Crippen LogP contribution in [0.1, 0.15) is 25.3 Å². The van der Waals surface area contributed by atoms with E-state index in [2.05, 4.69) is 56.6 Å². The van der Waals surface area contributed by atoms with Crippen LogP contribution in [0, 0.1) is 0 Å². The summed E-state index contributed by atoms with van der Waals surface area (Å²) in [6, 6.07) is 8.15. The minimum absolute atomic E-state index is 0.368. The molecule has 1 heterocycles. The number of para-hydroxylation sites is 1. The maximum atomic E-state index is 5.32. The Morgan fingerprint density at radius 3 is 2.68 bits per heavy atom. The van der Waals surface area contributed by atoms with Gasteiger partial charge in [0.25, 0.3) is 0 Å². The first kappa shape index (κ1) is 13.8. The normalized spacial score (nSPS) is 10.6. The monoisotopic (exact) mass is 321 g/mol. The van der Waals surface area contributed by atoms with E-state index in [0.29, 0.717) is 17.7 Å². The van der Waals surface area contributed by atoms with E-state index >= 15 is 0 Å². The van der Waals surface area contributed by atoms with E-state index < -0.39 is 0 Å². The summed E-state index contributed by atoms with van der Waals surface area (Å²) in [5, 5.41) is 3.30. The van der Waals surface area contributed by atoms with E-state index in [-0.39, 0.29) is 0 Å². The van der Waals surface area contributed by atoms with Crippen molar-refractivity contribution in [1.82, 2.24) is 9.97 Å². The van der Waals surface area contributed by atoms with Crippen molar-refractivity contribution in [3.05, 3.63) is 40.5 Å². The Hall–Kier alpha value is -1.66. The highest BCUT2D eigenvalue weighted by Crippen LogP contribution is 2.29. The Kier molecular flexibility index (Phi) is 4.34. The fourth-order valence-corrected chi connectivity index (χ4v) is 2.06. The third-order valence-corrected chi connectivity index (χ3v) is 3.29. The minimum atomic E-state index is 0.368. The highest BCUT2D eigenvalue weighted by atomic mass is 79.9. The number of benzene rings is 1. The summed E-state index contributed by atoms with van der Waals surface area (Å²) in [5.74, 6) is 6.79. The van der Waals surface area contributed by atoms with Crippen LogP contribution in [0.2, 0.25) is 0 Å². The summed E-state index contributed by atoms with van der Waals surface area (Å²) < 4.78 is 0.782. The molecule has 0 saturated carbocycles. The lowest BCUT2D eigenvalue weighted by atomic mass is 10.0. The summed E-state index contributed by atoms with van der Waals surface area (Å²) in [6.07, 6.45) is 1.66. The molecule has 0 aliphatic rings. The second-order valence-corrected chi connectivity index (χ2v) is 5.26. The average molecular weight is 322 g/mol. The number of rotatable bonds is 4. The van der Waals surface area contributed by atoms with Gasteiger partial charge in [0.05, 0.1) is 4.47 Å². The predicted molar refractivity (Wildman–Crippen MR) is 81.4 cm³/mol. The quantitative estimate of drug-likeness (QED) is 0.594. The number of hydrazine groups is 1. The van der Waals surface area contributed by atoms with Crippen LogP contribution in [-0.2, 0) is 0 Å². The molecule has 0 atom stereocenters. The molecule has 0 fully saturated rings. The highest BCUT2D eigenvalue weighted by molar-refractivity contribution is 9.10. The number of hydrogen-bond donors (Lipinski definition) is 3. The fraction of sp³-hybridized carbons (Fsp3) is 0.231. The van der Waals surface area contributed by atoms with Gasteiger partial charge < -0.3 is 5.32 Å². The lowest BCUT2D eigenvalue weighted by Gasteiger charge is -2.15. The van der Waals surface area contributed by atoms with Gasteiger partial charge in [-0.2, -0.15) is 4.98 Å². The van der Waals surface area contributed by atoms with Gasteiger partial charge in [-0.1, -0.05) is 32.0 Å². The molecule has 0 saturated heterocycles. The largest absolute Gasteiger partial charge is 0.339 e. The van der Waals surface area contributed by atoms with Crippen LogP contribution >= 0.6 is 15.9 Å². The van der Waals surface area contributed by atoms with Gasteiger partial charge in [-0.25, -0.2) is 10.8 Å². The number of hydrogen-bond acceptors (Lipinski definition) is 5. The van der Waals surface area contributed by atoms with Gasteiger partial charge in [0, 0.05) is 11.9 Å². The zero-order chi connectivity index (χ0) is 13.8. The van der Waals surface area contributed by atoms with Crippen molar-refractivity contribution in [3.8, 4) is 0 Å². The van der Waals surface area contributed by atoms with Crippen LogP contribution in [0.15, 0.2) is 34.9 Å². The van der Waals surface area contributed by atoms with E-state index in [1.807, 2.05) is 18.2 Å². The molecule has 1 aromatic heterocycles. The number of nitrogen functional groups attached to an aromatic ring is 1. The molecular weight excluding hydrogens is 306 g/mol. The van der Waals surface area contributed by atoms with E-state index in [1.165, 1.54) is 5.56 Å². The van der Waals surface area contributed by atoms with Gasteiger partial charge in [0.15, 0.2) is 0 Å². The molecule has 0 unspecified atom stereocenters. The molecule has 0 aliphatic heterocycles. The first-order valence-electron chi connectivity index (χ1n) is 5.97. The summed E-state index contributed by atoms with van der Waals surface area (Å²) >= 11 is 3.42. The van der Waals surface area contributed by atoms with Gasteiger partial charge >= 0.3 is 0 Å². The van der Waals surface area contributed by atoms with Crippen LogP contribution < -0.4 is 16.6 Å². The Bertz CT molecular complexity index is 571. The molecule has 2 rings (SSSR count). The first-order chi connectivity index (χ1) is 9.11. The van der Waals surface area contributed by atoms with E-state index in [0.717, 1.165) is 10.2 Å². The van der Waals surface area contributed by atoms with Crippen molar-refractivity contribution in [2.24, 2.45) is 5.84 Å². The summed E-state index contributed by atoms with van der Waals surface area (Å²) in [4.78, 5) is 8.30. The minimum Gasteiger partial charge on any atom is -0.339 e. The Labute approximate surface area is 120 Å². The van der Waals surface area contributed by atoms with Gasteiger partial charge in [-0.15, -0.1) is 0 Å². The first-order valence-corrected chi connectivity index (χ1v) is 6.76. The zero-order valence-electron chi connectivity index (χ0n) is 10.8. The standard InChI is InChI=1S/C13H16BrN5/c1-8(2)9-5-3-4-6-11(9)17-12-10(14)7-16-13(18-12)19-15/h3-8H,15H2,1-2H3,(H2,16,17,18,19). The smallest absolute Gasteiger partial charge is 0.239 e. The van der Waals surface area contributed by atoms with Crippen LogP contribution in [0.3, 0.4) is 0 Å². The lowest BCUT2D eigenvalue weighted by Crippen LogP contribution is -2.11. The third kappa shape index (κ3) is 3.21. The van der Waals surface area contributed by atoms with Gasteiger partial charge in [-0.3, -0.25) is 5.43 Å². The van der Waals surface area contributed by atoms with E-state index in [1.54, 1.807) is 6.20 Å². The van der Waals surface area contributed by atoms with Crippen molar-refractivity contribution < 1.29 is 0 Å². The molecule has 0 amide bonds. The van der Waals surface area contributed by atoms with Crippen LogP contribution in [0.25, 0.3) is 0 Å². The maximum Gasteiger partial charge on any atom is 0.239 e. The van der Waals surface area contributed by atoms with E-state index in [4.69, 9.17) is 5.84 Å². The molecule has 2 aromatic rings. The third-order valence-electron chi connectivity index (χ3n) is 2.71. The topological polar surface area (TPSA) is 75.9 Å². The summed E-state index contributed by atoms with van der Waals surface area (Å²) in [5.41, 5.74) is 4.69. The number of nitrogens with one attached hydrogen (secondary N) is 2. The van der Waals surface area contributed by atoms with Crippen molar-refractivity contribution in [2.75, 3.05) is 10.7 Å². The molecule has 6 heteroatoms. The summed E-state index contributed by atoms with van der Waals surface area (Å²) in [6.45, 7) is 4.31. The molecule has 0 aliphatic carbocycles. The van der Waals surface area contributed by atoms with E-state index in [9.17, 15) is 0 Å². The van der Waals surface area contributed by atoms with Crippen molar-refractivity contribution in [3.63, 3.8) is 0 Å². The van der Waals surface area contributed by atoms with Crippen molar-refractivity contribution in [2.45, 2.75) is 19.8 Å². The Morgan fingerprint density at radius 2 is 2.00 bits per heavy atom. The Balaban J connectivity index is 2.36. The van der Waals surface area contributed by atoms with Crippen LogP contribution in [0.5, 0.6) is 0 Å². The number of nitrogens with two attached hydrogens (primary N) is 1. The van der Waals surface area contributed by atoms with Crippen molar-refractivity contribution in [1.29, 1.82) is 0 Å². The summed E-state index contributed by atoms with van der Waals surface area (Å²) in [7, 11) is 0. The molecule has 0 bridgehead atoms. The average Bonchev–Trinajstić information content (AvgIpc) is 2.41. The zero-order valence-corrected chi connectivity index (χ0v) is 12.4.